The molecule has 0 aliphatic heterocycles. The summed E-state index contributed by atoms with van der Waals surface area (Å²) in [4.78, 5) is 11.7. The highest BCUT2D eigenvalue weighted by atomic mass is 127. The van der Waals surface area contributed by atoms with Gasteiger partial charge in [-0.3, -0.25) is 4.79 Å². The quantitative estimate of drug-likeness (QED) is 0.450. The first-order chi connectivity index (χ1) is 8.20. The Morgan fingerprint density at radius 3 is 2.41 bits per heavy atom. The van der Waals surface area contributed by atoms with Gasteiger partial charge in [0.2, 0.25) is 0 Å². The van der Waals surface area contributed by atoms with Crippen LogP contribution >= 0.6 is 22.6 Å². The number of alkyl halides is 1. The van der Waals surface area contributed by atoms with E-state index in [2.05, 4.69) is 22.6 Å². The zero-order chi connectivity index (χ0) is 12.7. The van der Waals surface area contributed by atoms with Crippen molar-refractivity contribution < 1.29 is 14.3 Å². The summed E-state index contributed by atoms with van der Waals surface area (Å²) < 4.78 is 10.4. The molecule has 0 aliphatic rings. The van der Waals surface area contributed by atoms with Gasteiger partial charge in [0.05, 0.1) is 6.61 Å². The van der Waals surface area contributed by atoms with Crippen molar-refractivity contribution >= 4 is 28.6 Å². The predicted octanol–water partition coefficient (Wildman–Crippen LogP) is 3.13. The van der Waals surface area contributed by atoms with Crippen LogP contribution in [0.15, 0.2) is 30.3 Å². The maximum absolute atomic E-state index is 11.7. The average molecular weight is 348 g/mol. The lowest BCUT2D eigenvalue weighted by atomic mass is 10.1. The lowest BCUT2D eigenvalue weighted by Gasteiger charge is -2.21. The molecule has 0 N–H and O–H groups in total. The second-order valence-electron chi connectivity index (χ2n) is 3.44. The molecule has 0 aliphatic carbocycles. The third-order valence-corrected chi connectivity index (χ3v) is 3.41. The number of hydrogen-bond acceptors (Lipinski definition) is 3. The van der Waals surface area contributed by atoms with Gasteiger partial charge in [0, 0.05) is 6.61 Å². The maximum Gasteiger partial charge on any atom is 0.321 e. The minimum Gasteiger partial charge on any atom is -0.465 e. The predicted molar refractivity (Wildman–Crippen MR) is 75.3 cm³/mol. The van der Waals surface area contributed by atoms with E-state index in [-0.39, 0.29) is 16.0 Å². The van der Waals surface area contributed by atoms with E-state index in [0.717, 1.165) is 5.56 Å². The molecule has 17 heavy (non-hydrogen) atoms. The molecule has 0 amide bonds. The number of hydrogen-bond donors (Lipinski definition) is 0. The minimum atomic E-state index is -0.324. The van der Waals surface area contributed by atoms with Crippen molar-refractivity contribution in [2.24, 2.45) is 0 Å². The van der Waals surface area contributed by atoms with E-state index >= 15 is 0 Å². The molecule has 0 radical (unpaired) electrons. The van der Waals surface area contributed by atoms with Gasteiger partial charge in [-0.25, -0.2) is 0 Å². The average Bonchev–Trinajstić information content (AvgIpc) is 2.36. The van der Waals surface area contributed by atoms with Crippen LogP contribution in [0.25, 0.3) is 0 Å². The first kappa shape index (κ1) is 14.4. The van der Waals surface area contributed by atoms with Crippen molar-refractivity contribution in [1.29, 1.82) is 0 Å². The third-order valence-electron chi connectivity index (χ3n) is 2.25. The van der Waals surface area contributed by atoms with Crippen LogP contribution in [0.2, 0.25) is 0 Å². The molecule has 2 atom stereocenters. The molecule has 1 aromatic carbocycles. The van der Waals surface area contributed by atoms with Crippen LogP contribution in [0.4, 0.5) is 0 Å². The van der Waals surface area contributed by atoms with Crippen LogP contribution in [0, 0.1) is 0 Å². The molecule has 0 heterocycles. The van der Waals surface area contributed by atoms with E-state index < -0.39 is 0 Å². The van der Waals surface area contributed by atoms with E-state index in [9.17, 15) is 4.79 Å². The molecule has 0 spiro atoms. The van der Waals surface area contributed by atoms with Crippen molar-refractivity contribution in [3.63, 3.8) is 0 Å². The van der Waals surface area contributed by atoms with Crippen LogP contribution in [0.3, 0.4) is 0 Å². The molecule has 1 aromatic rings. The molecular weight excluding hydrogens is 331 g/mol. The van der Waals surface area contributed by atoms with E-state index in [1.165, 1.54) is 0 Å². The summed E-state index contributed by atoms with van der Waals surface area (Å²) in [5.74, 6) is -0.226. The molecule has 0 saturated heterocycles. The molecule has 4 heteroatoms. The fourth-order valence-electron chi connectivity index (χ4n) is 1.52. The Hall–Kier alpha value is -0.620. The van der Waals surface area contributed by atoms with Crippen molar-refractivity contribution in [2.45, 2.75) is 23.9 Å². The molecule has 0 aromatic heterocycles. The summed E-state index contributed by atoms with van der Waals surface area (Å²) in [5.41, 5.74) is 1.00. The smallest absolute Gasteiger partial charge is 0.321 e. The summed E-state index contributed by atoms with van der Waals surface area (Å²) in [7, 11) is 0. The molecule has 94 valence electrons. The zero-order valence-corrected chi connectivity index (χ0v) is 12.2. The Kier molecular flexibility index (Phi) is 6.50. The third kappa shape index (κ3) is 4.27. The summed E-state index contributed by atoms with van der Waals surface area (Å²) in [5, 5.41) is 0. The molecule has 0 unspecified atom stereocenters. The van der Waals surface area contributed by atoms with Crippen LogP contribution in [-0.2, 0) is 14.3 Å². The lowest BCUT2D eigenvalue weighted by molar-refractivity contribution is -0.144. The Bertz CT molecular complexity index is 340. The number of carbonyl (C=O) groups is 1. The van der Waals surface area contributed by atoms with Gasteiger partial charge in [-0.1, -0.05) is 52.9 Å². The number of rotatable bonds is 6. The van der Waals surface area contributed by atoms with Crippen molar-refractivity contribution in [3.05, 3.63) is 35.9 Å². The first-order valence-corrected chi connectivity index (χ1v) is 6.92. The number of carbonyl (C=O) groups excluding carboxylic acids is 1. The van der Waals surface area contributed by atoms with E-state index in [0.29, 0.717) is 13.2 Å². The van der Waals surface area contributed by atoms with Crippen LogP contribution in [0.5, 0.6) is 0 Å². The number of esters is 1. The van der Waals surface area contributed by atoms with Crippen molar-refractivity contribution in [3.8, 4) is 0 Å². The Morgan fingerprint density at radius 2 is 1.88 bits per heavy atom. The molecule has 0 fully saturated rings. The first-order valence-electron chi connectivity index (χ1n) is 5.68. The number of ether oxygens (including phenoxy) is 2. The monoisotopic (exact) mass is 348 g/mol. The van der Waals surface area contributed by atoms with Crippen molar-refractivity contribution in [2.75, 3.05) is 13.2 Å². The SMILES string of the molecule is CCOC(=O)[C@H](I)[C@H](OCC)c1ccccc1. The minimum absolute atomic E-state index is 0.226. The second kappa shape index (κ2) is 7.66. The Balaban J connectivity index is 2.82. The summed E-state index contributed by atoms with van der Waals surface area (Å²) >= 11 is 2.08. The summed E-state index contributed by atoms with van der Waals surface area (Å²) in [6.07, 6.45) is -0.249. The molecular formula is C13H17IO3. The van der Waals surface area contributed by atoms with Gasteiger partial charge in [0.1, 0.15) is 10.0 Å². The lowest BCUT2D eigenvalue weighted by Crippen LogP contribution is -2.26. The van der Waals surface area contributed by atoms with Gasteiger partial charge >= 0.3 is 5.97 Å². The highest BCUT2D eigenvalue weighted by Crippen LogP contribution is 2.27. The maximum atomic E-state index is 11.7. The Labute approximate surface area is 116 Å². The summed E-state index contributed by atoms with van der Waals surface area (Å²) in [6.45, 7) is 4.69. The van der Waals surface area contributed by atoms with Gasteiger partial charge in [0.25, 0.3) is 0 Å². The molecule has 0 bridgehead atoms. The van der Waals surface area contributed by atoms with Crippen LogP contribution < -0.4 is 0 Å². The van der Waals surface area contributed by atoms with Gasteiger partial charge in [-0.15, -0.1) is 0 Å². The van der Waals surface area contributed by atoms with Gasteiger partial charge in [-0.05, 0) is 19.4 Å². The van der Waals surface area contributed by atoms with E-state index in [4.69, 9.17) is 9.47 Å². The standard InChI is InChI=1S/C13H17IO3/c1-3-16-12(10-8-6-5-7-9-10)11(14)13(15)17-4-2/h5-9,11-12H,3-4H2,1-2H3/t11-,12-/m1/s1. The van der Waals surface area contributed by atoms with Crippen molar-refractivity contribution in [1.82, 2.24) is 0 Å². The molecule has 1 rings (SSSR count). The van der Waals surface area contributed by atoms with Crippen LogP contribution in [-0.4, -0.2) is 23.1 Å². The molecule has 3 nitrogen and oxygen atoms in total. The second-order valence-corrected chi connectivity index (χ2v) is 4.78. The molecule has 0 saturated carbocycles. The highest BCUT2D eigenvalue weighted by molar-refractivity contribution is 14.1. The largest absolute Gasteiger partial charge is 0.465 e. The summed E-state index contributed by atoms with van der Waals surface area (Å²) in [6, 6.07) is 9.75. The fraction of sp³-hybridized carbons (Fsp3) is 0.462. The Morgan fingerprint density at radius 1 is 1.24 bits per heavy atom. The highest BCUT2D eigenvalue weighted by Gasteiger charge is 2.28. The van der Waals surface area contributed by atoms with Crippen LogP contribution in [0.1, 0.15) is 25.5 Å². The van der Waals surface area contributed by atoms with Gasteiger partial charge in [0.15, 0.2) is 0 Å². The van der Waals surface area contributed by atoms with Gasteiger partial charge in [-0.2, -0.15) is 0 Å². The number of benzene rings is 1. The zero-order valence-electron chi connectivity index (χ0n) is 10.1. The van der Waals surface area contributed by atoms with E-state index in [1.54, 1.807) is 6.92 Å². The van der Waals surface area contributed by atoms with Gasteiger partial charge < -0.3 is 9.47 Å². The number of halogens is 1. The normalized spacial score (nSPS) is 14.1. The van der Waals surface area contributed by atoms with E-state index in [1.807, 2.05) is 37.3 Å². The fourth-order valence-corrected chi connectivity index (χ4v) is 2.32. The topological polar surface area (TPSA) is 35.5 Å².